The molecule has 5 nitrogen and oxygen atoms in total. The fraction of sp³-hybridized carbons (Fsp3) is 0.200. The van der Waals surface area contributed by atoms with Crippen molar-refractivity contribution in [2.45, 2.75) is 6.42 Å². The molecule has 3 N–H and O–H groups in total. The highest BCUT2D eigenvalue weighted by Gasteiger charge is 2.14. The number of hydrogen-bond acceptors (Lipinski definition) is 4. The van der Waals surface area contributed by atoms with Gasteiger partial charge < -0.3 is 10.8 Å². The van der Waals surface area contributed by atoms with Crippen LogP contribution in [0.25, 0.3) is 0 Å². The van der Waals surface area contributed by atoms with Gasteiger partial charge in [0, 0.05) is 18.6 Å². The van der Waals surface area contributed by atoms with E-state index in [1.54, 1.807) is 0 Å². The molecule has 0 aliphatic heterocycles. The molecule has 0 fully saturated rings. The molecule has 0 saturated carbocycles. The summed E-state index contributed by atoms with van der Waals surface area (Å²) in [7, 11) is 0. The number of nitrogens with two attached hydrogens (primary N) is 1. The van der Waals surface area contributed by atoms with Crippen molar-refractivity contribution < 1.29 is 14.4 Å². The fourth-order valence-corrected chi connectivity index (χ4v) is 1.04. The number of nitrogen functional groups attached to an aromatic ring is 1. The molecule has 0 aliphatic carbocycles. The highest BCUT2D eigenvalue weighted by atomic mass is 19.1. The Bertz CT molecular complexity index is 477. The molecule has 0 atom stereocenters. The van der Waals surface area contributed by atoms with Crippen molar-refractivity contribution >= 4 is 11.4 Å². The van der Waals surface area contributed by atoms with Gasteiger partial charge in [0.1, 0.15) is 11.5 Å². The first-order valence-corrected chi connectivity index (χ1v) is 4.39. The SMILES string of the molecule is Nc1cc(F)c(C#CCCO)cc1[N+](=O)[O-]. The summed E-state index contributed by atoms with van der Waals surface area (Å²) in [6.07, 6.45) is 0.178. The first kappa shape index (κ1) is 11.9. The molecule has 6 heteroatoms. The maximum atomic E-state index is 13.3. The molecule has 1 rings (SSSR count). The predicted octanol–water partition coefficient (Wildman–Crippen LogP) is 1.05. The van der Waals surface area contributed by atoms with Crippen LogP contribution in [0.4, 0.5) is 15.8 Å². The number of nitro groups is 1. The van der Waals surface area contributed by atoms with Crippen LogP contribution in [0.15, 0.2) is 12.1 Å². The zero-order valence-corrected chi connectivity index (χ0v) is 8.24. The van der Waals surface area contributed by atoms with Gasteiger partial charge in [0.15, 0.2) is 0 Å². The highest BCUT2D eigenvalue weighted by Crippen LogP contribution is 2.24. The lowest BCUT2D eigenvalue weighted by molar-refractivity contribution is -0.384. The third kappa shape index (κ3) is 2.68. The Morgan fingerprint density at radius 3 is 2.81 bits per heavy atom. The topological polar surface area (TPSA) is 89.4 Å². The summed E-state index contributed by atoms with van der Waals surface area (Å²) in [5.74, 6) is 4.15. The Labute approximate surface area is 90.8 Å². The molecule has 0 amide bonds. The van der Waals surface area contributed by atoms with Gasteiger partial charge in [-0.2, -0.15) is 0 Å². The smallest absolute Gasteiger partial charge is 0.293 e. The van der Waals surface area contributed by atoms with E-state index in [0.717, 1.165) is 12.1 Å². The van der Waals surface area contributed by atoms with Gasteiger partial charge in [-0.1, -0.05) is 11.8 Å². The Morgan fingerprint density at radius 1 is 1.56 bits per heavy atom. The number of anilines is 1. The fourth-order valence-electron chi connectivity index (χ4n) is 1.04. The minimum atomic E-state index is -0.714. The van der Waals surface area contributed by atoms with Gasteiger partial charge in [-0.05, 0) is 0 Å². The summed E-state index contributed by atoms with van der Waals surface area (Å²) < 4.78 is 13.3. The average molecular weight is 224 g/mol. The van der Waals surface area contributed by atoms with E-state index in [1.807, 2.05) is 0 Å². The first-order chi connectivity index (χ1) is 7.56. The molecule has 0 radical (unpaired) electrons. The molecule has 84 valence electrons. The summed E-state index contributed by atoms with van der Waals surface area (Å²) in [5, 5.41) is 19.0. The average Bonchev–Trinajstić information content (AvgIpc) is 2.21. The number of aliphatic hydroxyl groups is 1. The summed E-state index contributed by atoms with van der Waals surface area (Å²) in [4.78, 5) is 9.83. The van der Waals surface area contributed by atoms with Crippen LogP contribution in [0.1, 0.15) is 12.0 Å². The Hall–Kier alpha value is -2.13. The van der Waals surface area contributed by atoms with Crippen LogP contribution in [0, 0.1) is 27.8 Å². The summed E-state index contributed by atoms with van der Waals surface area (Å²) in [6, 6.07) is 1.84. The molecule has 0 saturated heterocycles. The van der Waals surface area contributed by atoms with Crippen LogP contribution in [0.3, 0.4) is 0 Å². The number of aliphatic hydroxyl groups excluding tert-OH is 1. The summed E-state index contributed by atoms with van der Waals surface area (Å²) in [5.41, 5.74) is 4.55. The molecule has 0 heterocycles. The van der Waals surface area contributed by atoms with Crippen LogP contribution in [-0.2, 0) is 0 Å². The van der Waals surface area contributed by atoms with Gasteiger partial charge in [0.05, 0.1) is 17.1 Å². The second-order valence-corrected chi connectivity index (χ2v) is 2.92. The molecule has 0 unspecified atom stereocenters. The largest absolute Gasteiger partial charge is 0.395 e. The predicted molar refractivity (Wildman–Crippen MR) is 56.0 cm³/mol. The lowest BCUT2D eigenvalue weighted by Gasteiger charge is -1.99. The van der Waals surface area contributed by atoms with Gasteiger partial charge in [-0.3, -0.25) is 10.1 Å². The minimum Gasteiger partial charge on any atom is -0.395 e. The maximum absolute atomic E-state index is 13.3. The van der Waals surface area contributed by atoms with E-state index in [9.17, 15) is 14.5 Å². The Balaban J connectivity index is 3.16. The quantitative estimate of drug-likeness (QED) is 0.340. The van der Waals surface area contributed by atoms with E-state index in [-0.39, 0.29) is 30.0 Å². The number of rotatable bonds is 2. The molecular weight excluding hydrogens is 215 g/mol. The first-order valence-electron chi connectivity index (χ1n) is 4.39. The van der Waals surface area contributed by atoms with E-state index < -0.39 is 10.7 Å². The molecule has 0 aromatic heterocycles. The van der Waals surface area contributed by atoms with E-state index in [1.165, 1.54) is 0 Å². The number of hydrogen-bond donors (Lipinski definition) is 2. The van der Waals surface area contributed by atoms with Crippen LogP contribution >= 0.6 is 0 Å². The molecule has 0 spiro atoms. The number of halogens is 1. The third-order valence-corrected chi connectivity index (χ3v) is 1.77. The van der Waals surface area contributed by atoms with E-state index in [2.05, 4.69) is 11.8 Å². The molecule has 16 heavy (non-hydrogen) atoms. The number of nitro benzene ring substituents is 1. The molecule has 0 bridgehead atoms. The maximum Gasteiger partial charge on any atom is 0.293 e. The van der Waals surface area contributed by atoms with Crippen molar-refractivity contribution in [2.75, 3.05) is 12.3 Å². The molecular formula is C10H9FN2O3. The Morgan fingerprint density at radius 2 is 2.25 bits per heavy atom. The zero-order valence-electron chi connectivity index (χ0n) is 8.24. The second kappa shape index (κ2) is 5.09. The highest BCUT2D eigenvalue weighted by molar-refractivity contribution is 5.61. The van der Waals surface area contributed by atoms with Gasteiger partial charge >= 0.3 is 0 Å². The van der Waals surface area contributed by atoms with Crippen LogP contribution < -0.4 is 5.73 Å². The lowest BCUT2D eigenvalue weighted by Crippen LogP contribution is -1.98. The van der Waals surface area contributed by atoms with Crippen LogP contribution in [0.2, 0.25) is 0 Å². The van der Waals surface area contributed by atoms with Crippen molar-refractivity contribution in [3.8, 4) is 11.8 Å². The standard InChI is InChI=1S/C10H9FN2O3/c11-8-6-9(12)10(13(15)16)5-7(8)3-1-2-4-14/h5-6,14H,2,4,12H2. The van der Waals surface area contributed by atoms with Crippen molar-refractivity contribution in [3.63, 3.8) is 0 Å². The van der Waals surface area contributed by atoms with E-state index in [4.69, 9.17) is 10.8 Å². The second-order valence-electron chi connectivity index (χ2n) is 2.92. The molecule has 1 aromatic rings. The zero-order chi connectivity index (χ0) is 12.1. The summed E-state index contributed by atoms with van der Waals surface area (Å²) in [6.45, 7) is -0.147. The van der Waals surface area contributed by atoms with Gasteiger partial charge in [-0.25, -0.2) is 4.39 Å². The van der Waals surface area contributed by atoms with Crippen molar-refractivity contribution in [1.29, 1.82) is 0 Å². The van der Waals surface area contributed by atoms with Gasteiger partial charge in [0.25, 0.3) is 5.69 Å². The van der Waals surface area contributed by atoms with Gasteiger partial charge in [0.2, 0.25) is 0 Å². The van der Waals surface area contributed by atoms with E-state index in [0.29, 0.717) is 0 Å². The van der Waals surface area contributed by atoms with Crippen molar-refractivity contribution in [1.82, 2.24) is 0 Å². The monoisotopic (exact) mass is 224 g/mol. The summed E-state index contributed by atoms with van der Waals surface area (Å²) >= 11 is 0. The molecule has 0 aliphatic rings. The number of benzene rings is 1. The van der Waals surface area contributed by atoms with Crippen LogP contribution in [0.5, 0.6) is 0 Å². The van der Waals surface area contributed by atoms with E-state index >= 15 is 0 Å². The number of nitrogens with zero attached hydrogens (tertiary/aromatic N) is 1. The minimum absolute atomic E-state index is 0.102. The lowest BCUT2D eigenvalue weighted by atomic mass is 10.1. The third-order valence-electron chi connectivity index (χ3n) is 1.77. The normalized spacial score (nSPS) is 9.38. The van der Waals surface area contributed by atoms with Crippen LogP contribution in [-0.4, -0.2) is 16.6 Å². The van der Waals surface area contributed by atoms with Gasteiger partial charge in [-0.15, -0.1) is 0 Å². The van der Waals surface area contributed by atoms with Crippen molar-refractivity contribution in [3.05, 3.63) is 33.6 Å². The molecule has 1 aromatic carbocycles. The van der Waals surface area contributed by atoms with Crippen molar-refractivity contribution in [2.24, 2.45) is 0 Å². The Kier molecular flexibility index (Phi) is 3.80.